The first-order valence-corrected chi connectivity index (χ1v) is 6.93. The highest BCUT2D eigenvalue weighted by Crippen LogP contribution is 2.23. The van der Waals surface area contributed by atoms with Crippen molar-refractivity contribution in [1.29, 1.82) is 5.26 Å². The third kappa shape index (κ3) is 3.59. The lowest BCUT2D eigenvalue weighted by atomic mass is 10.1. The van der Waals surface area contributed by atoms with Gasteiger partial charge in [-0.3, -0.25) is 0 Å². The second-order valence-corrected chi connectivity index (χ2v) is 5.02. The number of benzene rings is 1. The molecule has 1 heterocycles. The lowest BCUT2D eigenvalue weighted by Gasteiger charge is -2.25. The van der Waals surface area contributed by atoms with Crippen LogP contribution < -0.4 is 4.90 Å². The maximum atomic E-state index is 9.39. The molecule has 0 saturated carbocycles. The van der Waals surface area contributed by atoms with Crippen LogP contribution in [-0.2, 0) is 6.54 Å². The lowest BCUT2D eigenvalue weighted by Crippen LogP contribution is -2.28. The smallest absolute Gasteiger partial charge is 0.147 e. The molecule has 0 aliphatic rings. The van der Waals surface area contributed by atoms with Crippen molar-refractivity contribution in [2.75, 3.05) is 18.1 Å². The van der Waals surface area contributed by atoms with Crippen molar-refractivity contribution < 1.29 is 5.11 Å². The Labute approximate surface area is 125 Å². The SMILES string of the molecule is Cc1cc(C)c(C#N)c(N(CCO)Cc2ccccc2)n1. The van der Waals surface area contributed by atoms with Gasteiger partial charge in [-0.15, -0.1) is 0 Å². The number of nitriles is 1. The van der Waals surface area contributed by atoms with Crippen LogP contribution in [0.4, 0.5) is 5.82 Å². The molecule has 0 unspecified atom stereocenters. The quantitative estimate of drug-likeness (QED) is 0.915. The molecule has 0 fully saturated rings. The molecule has 0 saturated heterocycles. The minimum absolute atomic E-state index is 0.0202. The van der Waals surface area contributed by atoms with Gasteiger partial charge in [-0.05, 0) is 31.0 Å². The van der Waals surface area contributed by atoms with Crippen LogP contribution in [0.1, 0.15) is 22.4 Å². The van der Waals surface area contributed by atoms with Crippen LogP contribution in [0.2, 0.25) is 0 Å². The van der Waals surface area contributed by atoms with Gasteiger partial charge in [-0.2, -0.15) is 5.26 Å². The predicted molar refractivity (Wildman–Crippen MR) is 83.0 cm³/mol. The van der Waals surface area contributed by atoms with Crippen molar-refractivity contribution in [3.63, 3.8) is 0 Å². The Morgan fingerprint density at radius 1 is 1.24 bits per heavy atom. The highest BCUT2D eigenvalue weighted by atomic mass is 16.3. The highest BCUT2D eigenvalue weighted by Gasteiger charge is 2.16. The van der Waals surface area contributed by atoms with E-state index in [0.717, 1.165) is 16.8 Å². The summed E-state index contributed by atoms with van der Waals surface area (Å²) in [5.74, 6) is 0.646. The molecule has 2 aromatic rings. The zero-order valence-corrected chi connectivity index (χ0v) is 12.4. The third-order valence-corrected chi connectivity index (χ3v) is 3.32. The largest absolute Gasteiger partial charge is 0.395 e. The van der Waals surface area contributed by atoms with Crippen LogP contribution in [-0.4, -0.2) is 23.2 Å². The van der Waals surface area contributed by atoms with Crippen molar-refractivity contribution in [3.05, 3.63) is 58.8 Å². The average Bonchev–Trinajstić information content (AvgIpc) is 2.47. The Hall–Kier alpha value is -2.38. The molecule has 0 amide bonds. The van der Waals surface area contributed by atoms with E-state index in [1.54, 1.807) is 0 Å². The van der Waals surface area contributed by atoms with Crippen molar-refractivity contribution in [3.8, 4) is 6.07 Å². The molecule has 0 aliphatic heterocycles. The zero-order valence-electron chi connectivity index (χ0n) is 12.4. The number of aliphatic hydroxyl groups is 1. The standard InChI is InChI=1S/C17H19N3O/c1-13-10-14(2)19-17(16(13)11-18)20(8-9-21)12-15-6-4-3-5-7-15/h3-7,10,21H,8-9,12H2,1-2H3. The fraction of sp³-hybridized carbons (Fsp3) is 0.294. The van der Waals surface area contributed by atoms with Gasteiger partial charge in [0.15, 0.2) is 0 Å². The molecule has 1 N–H and O–H groups in total. The molecule has 2 rings (SSSR count). The van der Waals surface area contributed by atoms with Crippen molar-refractivity contribution >= 4 is 5.82 Å². The maximum absolute atomic E-state index is 9.39. The minimum atomic E-state index is 0.0202. The summed E-state index contributed by atoms with van der Waals surface area (Å²) in [6.45, 7) is 4.91. The van der Waals surface area contributed by atoms with E-state index >= 15 is 0 Å². The second-order valence-electron chi connectivity index (χ2n) is 5.02. The Bertz CT molecular complexity index is 647. The van der Waals surface area contributed by atoms with Crippen LogP contribution in [0.5, 0.6) is 0 Å². The average molecular weight is 281 g/mol. The molecule has 0 radical (unpaired) electrons. The first kappa shape index (κ1) is 15.0. The van der Waals surface area contributed by atoms with Crippen molar-refractivity contribution in [2.45, 2.75) is 20.4 Å². The zero-order chi connectivity index (χ0) is 15.2. The first-order chi connectivity index (χ1) is 10.2. The van der Waals surface area contributed by atoms with Gasteiger partial charge in [-0.25, -0.2) is 4.98 Å². The highest BCUT2D eigenvalue weighted by molar-refractivity contribution is 5.58. The minimum Gasteiger partial charge on any atom is -0.395 e. The Morgan fingerprint density at radius 2 is 1.95 bits per heavy atom. The summed E-state index contributed by atoms with van der Waals surface area (Å²) >= 11 is 0. The Balaban J connectivity index is 2.41. The van der Waals surface area contributed by atoms with E-state index in [-0.39, 0.29) is 6.61 Å². The van der Waals surface area contributed by atoms with Crippen LogP contribution >= 0.6 is 0 Å². The monoisotopic (exact) mass is 281 g/mol. The van der Waals surface area contributed by atoms with E-state index in [9.17, 15) is 10.4 Å². The van der Waals surface area contributed by atoms with Crippen LogP contribution in [0.15, 0.2) is 36.4 Å². The first-order valence-electron chi connectivity index (χ1n) is 6.93. The summed E-state index contributed by atoms with van der Waals surface area (Å²) in [7, 11) is 0. The van der Waals surface area contributed by atoms with Gasteiger partial charge in [0.05, 0.1) is 12.2 Å². The summed E-state index contributed by atoms with van der Waals surface area (Å²) < 4.78 is 0. The van der Waals surface area contributed by atoms with Gasteiger partial charge in [0.2, 0.25) is 0 Å². The van der Waals surface area contributed by atoms with Crippen molar-refractivity contribution in [1.82, 2.24) is 4.98 Å². The van der Waals surface area contributed by atoms with Gasteiger partial charge in [0.1, 0.15) is 11.9 Å². The van der Waals surface area contributed by atoms with Gasteiger partial charge in [0, 0.05) is 18.8 Å². The number of aryl methyl sites for hydroxylation is 2. The molecule has 108 valence electrons. The predicted octanol–water partition coefficient (Wildman–Crippen LogP) is 2.57. The number of pyridine rings is 1. The molecular weight excluding hydrogens is 262 g/mol. The van der Waals surface area contributed by atoms with E-state index in [1.807, 2.05) is 55.1 Å². The van der Waals surface area contributed by atoms with Crippen molar-refractivity contribution in [2.24, 2.45) is 0 Å². The summed E-state index contributed by atoms with van der Waals surface area (Å²) in [5, 5.41) is 18.7. The number of hydrogen-bond donors (Lipinski definition) is 1. The number of nitrogens with zero attached hydrogens (tertiary/aromatic N) is 3. The molecular formula is C17H19N3O. The van der Waals surface area contributed by atoms with Gasteiger partial charge >= 0.3 is 0 Å². The van der Waals surface area contributed by atoms with E-state index in [4.69, 9.17) is 0 Å². The molecule has 0 aliphatic carbocycles. The number of aliphatic hydroxyl groups excluding tert-OH is 1. The van der Waals surface area contributed by atoms with E-state index in [2.05, 4.69) is 11.1 Å². The molecule has 4 nitrogen and oxygen atoms in total. The van der Waals surface area contributed by atoms with Crippen LogP contribution in [0.3, 0.4) is 0 Å². The third-order valence-electron chi connectivity index (χ3n) is 3.32. The number of hydrogen-bond acceptors (Lipinski definition) is 4. The number of rotatable bonds is 5. The molecule has 1 aromatic carbocycles. The Kier molecular flexibility index (Phi) is 4.91. The van der Waals surface area contributed by atoms with E-state index in [0.29, 0.717) is 24.5 Å². The van der Waals surface area contributed by atoms with Crippen LogP contribution in [0, 0.1) is 25.2 Å². The van der Waals surface area contributed by atoms with E-state index < -0.39 is 0 Å². The molecule has 0 bridgehead atoms. The fourth-order valence-corrected chi connectivity index (χ4v) is 2.37. The van der Waals surface area contributed by atoms with Gasteiger partial charge in [-0.1, -0.05) is 30.3 Å². The lowest BCUT2D eigenvalue weighted by molar-refractivity contribution is 0.301. The van der Waals surface area contributed by atoms with Gasteiger partial charge in [0.25, 0.3) is 0 Å². The number of anilines is 1. The Morgan fingerprint density at radius 3 is 2.57 bits per heavy atom. The van der Waals surface area contributed by atoms with E-state index in [1.165, 1.54) is 0 Å². The summed E-state index contributed by atoms with van der Waals surface area (Å²) in [4.78, 5) is 6.46. The molecule has 0 spiro atoms. The molecule has 21 heavy (non-hydrogen) atoms. The van der Waals surface area contributed by atoms with Gasteiger partial charge < -0.3 is 10.0 Å². The normalized spacial score (nSPS) is 10.2. The molecule has 0 atom stereocenters. The fourth-order valence-electron chi connectivity index (χ4n) is 2.37. The summed E-state index contributed by atoms with van der Waals surface area (Å²) in [6.07, 6.45) is 0. The summed E-state index contributed by atoms with van der Waals surface area (Å²) in [5.41, 5.74) is 3.48. The number of aromatic nitrogens is 1. The topological polar surface area (TPSA) is 60.2 Å². The van der Waals surface area contributed by atoms with Crippen LogP contribution in [0.25, 0.3) is 0 Å². The summed E-state index contributed by atoms with van der Waals surface area (Å²) in [6, 6.07) is 14.1. The second kappa shape index (κ2) is 6.87. The molecule has 1 aromatic heterocycles. The maximum Gasteiger partial charge on any atom is 0.147 e. The molecule has 4 heteroatoms.